The second kappa shape index (κ2) is 7.94. The van der Waals surface area contributed by atoms with Crippen LogP contribution in [-0.4, -0.2) is 19.3 Å². The van der Waals surface area contributed by atoms with Gasteiger partial charge in [0.1, 0.15) is 9.22 Å². The molecule has 29 heavy (non-hydrogen) atoms. The van der Waals surface area contributed by atoms with E-state index in [9.17, 15) is 13.2 Å². The summed E-state index contributed by atoms with van der Waals surface area (Å²) in [5.41, 5.74) is 2.08. The minimum atomic E-state index is -3.76. The Kier molecular flexibility index (Phi) is 5.35. The minimum absolute atomic E-state index is 0.161. The molecule has 0 aliphatic rings. The summed E-state index contributed by atoms with van der Waals surface area (Å²) in [6.07, 6.45) is 0. The number of rotatable bonds is 6. The first-order valence-electron chi connectivity index (χ1n) is 8.73. The van der Waals surface area contributed by atoms with Crippen molar-refractivity contribution in [3.63, 3.8) is 0 Å². The number of aromatic nitrogens is 1. The van der Waals surface area contributed by atoms with E-state index in [0.29, 0.717) is 12.2 Å². The molecule has 4 aromatic rings. The van der Waals surface area contributed by atoms with Crippen molar-refractivity contribution in [2.75, 3.05) is 4.72 Å². The summed E-state index contributed by atoms with van der Waals surface area (Å²) in [6, 6.07) is 18.3. The normalized spacial score (nSPS) is 11.5. The topological polar surface area (TPSA) is 88.2 Å². The average Bonchev–Trinajstić information content (AvgIpc) is 3.34. The average molecular weight is 444 g/mol. The number of carbonyl (C=O) groups excluding carboxylic acids is 1. The van der Waals surface area contributed by atoms with E-state index in [0.717, 1.165) is 37.0 Å². The molecule has 2 aromatic carbocycles. The number of anilines is 1. The van der Waals surface area contributed by atoms with E-state index in [4.69, 9.17) is 0 Å². The smallest absolute Gasteiger partial charge is 0.271 e. The number of thiazole rings is 1. The van der Waals surface area contributed by atoms with Crippen LogP contribution in [0.25, 0.3) is 20.8 Å². The molecule has 0 atom stereocenters. The van der Waals surface area contributed by atoms with Crippen LogP contribution in [0.3, 0.4) is 0 Å². The van der Waals surface area contributed by atoms with Crippen molar-refractivity contribution in [2.45, 2.75) is 17.7 Å². The van der Waals surface area contributed by atoms with Crippen LogP contribution in [0, 0.1) is 0 Å². The zero-order valence-electron chi connectivity index (χ0n) is 15.4. The summed E-state index contributed by atoms with van der Waals surface area (Å²) in [4.78, 5) is 16.5. The van der Waals surface area contributed by atoms with Gasteiger partial charge in [-0.25, -0.2) is 13.4 Å². The first kappa shape index (κ1) is 19.6. The van der Waals surface area contributed by atoms with Crippen molar-refractivity contribution in [3.05, 3.63) is 65.5 Å². The zero-order chi connectivity index (χ0) is 20.4. The molecule has 0 saturated carbocycles. The molecule has 0 bridgehead atoms. The highest BCUT2D eigenvalue weighted by Gasteiger charge is 2.20. The van der Waals surface area contributed by atoms with Gasteiger partial charge in [-0.2, -0.15) is 0 Å². The lowest BCUT2D eigenvalue weighted by molar-refractivity contribution is -0.119. The van der Waals surface area contributed by atoms with Crippen molar-refractivity contribution in [1.82, 2.24) is 10.3 Å². The summed E-state index contributed by atoms with van der Waals surface area (Å²) in [5, 5.41) is 3.42. The van der Waals surface area contributed by atoms with Gasteiger partial charge < -0.3 is 5.32 Å². The predicted molar refractivity (Wildman–Crippen MR) is 118 cm³/mol. The van der Waals surface area contributed by atoms with Crippen LogP contribution in [0.4, 0.5) is 5.69 Å². The quantitative estimate of drug-likeness (QED) is 0.460. The maximum absolute atomic E-state index is 12.9. The fourth-order valence-corrected chi connectivity index (χ4v) is 6.13. The van der Waals surface area contributed by atoms with E-state index < -0.39 is 10.0 Å². The maximum Gasteiger partial charge on any atom is 0.271 e. The van der Waals surface area contributed by atoms with Gasteiger partial charge in [0.05, 0.1) is 22.4 Å². The number of hydrogen-bond donors (Lipinski definition) is 2. The van der Waals surface area contributed by atoms with Crippen molar-refractivity contribution in [2.24, 2.45) is 0 Å². The highest BCUT2D eigenvalue weighted by atomic mass is 32.2. The van der Waals surface area contributed by atoms with Gasteiger partial charge in [0.2, 0.25) is 5.91 Å². The van der Waals surface area contributed by atoms with E-state index in [1.165, 1.54) is 18.3 Å². The lowest BCUT2D eigenvalue weighted by atomic mass is 10.2. The Labute approximate surface area is 176 Å². The van der Waals surface area contributed by atoms with Gasteiger partial charge in [-0.15, -0.1) is 22.7 Å². The molecule has 2 aromatic heterocycles. The number of sulfonamides is 1. The number of carbonyl (C=O) groups is 1. The van der Waals surface area contributed by atoms with Crippen molar-refractivity contribution in [1.29, 1.82) is 0 Å². The summed E-state index contributed by atoms with van der Waals surface area (Å²) >= 11 is 2.64. The summed E-state index contributed by atoms with van der Waals surface area (Å²) in [5.74, 6) is -0.161. The molecule has 2 N–H and O–H groups in total. The van der Waals surface area contributed by atoms with E-state index in [-0.39, 0.29) is 10.1 Å². The summed E-state index contributed by atoms with van der Waals surface area (Å²) in [6.45, 7) is 1.73. The Bertz CT molecular complexity index is 1260. The van der Waals surface area contributed by atoms with Crippen LogP contribution in [0.1, 0.15) is 11.8 Å². The van der Waals surface area contributed by atoms with E-state index in [1.54, 1.807) is 24.3 Å². The van der Waals surface area contributed by atoms with Gasteiger partial charge in [0.15, 0.2) is 0 Å². The molecule has 148 valence electrons. The molecule has 2 heterocycles. The number of nitrogens with zero attached hydrogens (tertiary/aromatic N) is 1. The molecule has 6 nitrogen and oxygen atoms in total. The third kappa shape index (κ3) is 4.31. The molecular weight excluding hydrogens is 426 g/mol. The van der Waals surface area contributed by atoms with E-state index in [2.05, 4.69) is 15.0 Å². The number of para-hydroxylation sites is 2. The highest BCUT2D eigenvalue weighted by molar-refractivity contribution is 7.94. The number of nitrogens with one attached hydrogen (secondary N) is 2. The number of benzene rings is 2. The summed E-state index contributed by atoms with van der Waals surface area (Å²) in [7, 11) is -3.76. The van der Waals surface area contributed by atoms with E-state index >= 15 is 0 Å². The molecule has 4 rings (SSSR count). The second-order valence-electron chi connectivity index (χ2n) is 6.27. The molecule has 1 amide bonds. The number of amides is 1. The highest BCUT2D eigenvalue weighted by Crippen LogP contribution is 2.35. The number of thiophene rings is 1. The fourth-order valence-electron chi connectivity index (χ4n) is 2.75. The molecule has 0 radical (unpaired) electrons. The number of hydrogen-bond acceptors (Lipinski definition) is 6. The lowest BCUT2D eigenvalue weighted by Gasteiger charge is -2.10. The molecule has 0 unspecified atom stereocenters. The van der Waals surface area contributed by atoms with Crippen LogP contribution in [-0.2, 0) is 21.4 Å². The Hall–Kier alpha value is -2.75. The van der Waals surface area contributed by atoms with Crippen LogP contribution in [0.5, 0.6) is 0 Å². The molecule has 0 aliphatic heterocycles. The van der Waals surface area contributed by atoms with Crippen LogP contribution in [0.15, 0.2) is 64.9 Å². The standard InChI is InChI=1S/C20H17N3O3S3/c1-13(24)21-12-14-10-11-19(27-14)29(25,26)23-16-7-3-2-6-15(16)20-22-17-8-4-5-9-18(17)28-20/h2-11,23H,12H2,1H3,(H,21,24). The maximum atomic E-state index is 12.9. The van der Waals surface area contributed by atoms with Crippen LogP contribution in [0.2, 0.25) is 0 Å². The molecular formula is C20H17N3O3S3. The van der Waals surface area contributed by atoms with Crippen molar-refractivity contribution >= 4 is 54.5 Å². The van der Waals surface area contributed by atoms with Crippen molar-refractivity contribution in [3.8, 4) is 10.6 Å². The Morgan fingerprint density at radius 2 is 1.76 bits per heavy atom. The first-order valence-corrected chi connectivity index (χ1v) is 11.8. The third-order valence-corrected chi connectivity index (χ3v) is 8.12. The van der Waals surface area contributed by atoms with Crippen molar-refractivity contribution < 1.29 is 13.2 Å². The van der Waals surface area contributed by atoms with Crippen LogP contribution >= 0.6 is 22.7 Å². The first-order chi connectivity index (χ1) is 13.9. The van der Waals surface area contributed by atoms with Gasteiger partial charge in [0.25, 0.3) is 10.0 Å². The van der Waals surface area contributed by atoms with Gasteiger partial charge in [-0.3, -0.25) is 9.52 Å². The SMILES string of the molecule is CC(=O)NCc1ccc(S(=O)(=O)Nc2ccccc2-c2nc3ccccc3s2)s1. The lowest BCUT2D eigenvalue weighted by Crippen LogP contribution is -2.18. The van der Waals surface area contributed by atoms with Gasteiger partial charge in [0, 0.05) is 17.4 Å². The van der Waals surface area contributed by atoms with Gasteiger partial charge in [-0.1, -0.05) is 24.3 Å². The fraction of sp³-hybridized carbons (Fsp3) is 0.100. The molecule has 9 heteroatoms. The van der Waals surface area contributed by atoms with Gasteiger partial charge in [-0.05, 0) is 36.4 Å². The molecule has 0 saturated heterocycles. The molecule has 0 fully saturated rings. The summed E-state index contributed by atoms with van der Waals surface area (Å²) < 4.78 is 29.7. The second-order valence-corrected chi connectivity index (χ2v) is 10.4. The van der Waals surface area contributed by atoms with Crippen LogP contribution < -0.4 is 10.0 Å². The van der Waals surface area contributed by atoms with E-state index in [1.807, 2.05) is 36.4 Å². The molecule has 0 spiro atoms. The third-order valence-electron chi connectivity index (χ3n) is 4.11. The van der Waals surface area contributed by atoms with Gasteiger partial charge >= 0.3 is 0 Å². The number of fused-ring (bicyclic) bond motifs is 1. The zero-order valence-corrected chi connectivity index (χ0v) is 17.8. The minimum Gasteiger partial charge on any atom is -0.351 e. The largest absolute Gasteiger partial charge is 0.351 e. The Balaban J connectivity index is 1.63. The Morgan fingerprint density at radius 1 is 1.00 bits per heavy atom. The molecule has 0 aliphatic carbocycles. The Morgan fingerprint density at radius 3 is 2.55 bits per heavy atom. The predicted octanol–water partition coefficient (Wildman–Crippen LogP) is 4.46. The monoisotopic (exact) mass is 443 g/mol.